The maximum Gasteiger partial charge on any atom is 0.222 e. The number of aliphatic imine (C=N–C) groups is 1. The molecule has 1 amide bonds. The summed E-state index contributed by atoms with van der Waals surface area (Å²) in [7, 11) is 0. The minimum Gasteiger partial charge on any atom is -0.370 e. The first-order valence-electron chi connectivity index (χ1n) is 8.10. The predicted octanol–water partition coefficient (Wildman–Crippen LogP) is 2.24. The summed E-state index contributed by atoms with van der Waals surface area (Å²) < 4.78 is 0. The fraction of sp³-hybridized carbons (Fsp3) is 0.867. The SMILES string of the molecule is I.NC(=NCCC(=O)NC1CCCC1)N1CCCCCC1. The molecule has 0 aromatic rings. The van der Waals surface area contributed by atoms with Gasteiger partial charge in [0, 0.05) is 25.6 Å². The summed E-state index contributed by atoms with van der Waals surface area (Å²) in [6, 6.07) is 0.398. The molecule has 1 saturated heterocycles. The van der Waals surface area contributed by atoms with Crippen molar-refractivity contribution in [3.8, 4) is 0 Å². The molecule has 0 spiro atoms. The quantitative estimate of drug-likeness (QED) is 0.426. The summed E-state index contributed by atoms with van der Waals surface area (Å²) in [5.41, 5.74) is 6.01. The molecule has 2 aliphatic rings. The molecule has 0 atom stereocenters. The second kappa shape index (κ2) is 10.2. The van der Waals surface area contributed by atoms with Crippen LogP contribution >= 0.6 is 24.0 Å². The first-order valence-corrected chi connectivity index (χ1v) is 8.10. The van der Waals surface area contributed by atoms with Crippen LogP contribution in [0.5, 0.6) is 0 Å². The van der Waals surface area contributed by atoms with Gasteiger partial charge in [-0.25, -0.2) is 0 Å². The molecule has 0 bridgehead atoms. The van der Waals surface area contributed by atoms with E-state index in [0.29, 0.717) is 25.0 Å². The van der Waals surface area contributed by atoms with Crippen molar-refractivity contribution in [2.75, 3.05) is 19.6 Å². The van der Waals surface area contributed by atoms with Gasteiger partial charge >= 0.3 is 0 Å². The van der Waals surface area contributed by atoms with Crippen LogP contribution in [0.3, 0.4) is 0 Å². The third-order valence-electron chi connectivity index (χ3n) is 4.26. The number of hydrogen-bond donors (Lipinski definition) is 2. The lowest BCUT2D eigenvalue weighted by Gasteiger charge is -2.21. The van der Waals surface area contributed by atoms with E-state index in [9.17, 15) is 4.79 Å². The van der Waals surface area contributed by atoms with Crippen molar-refractivity contribution < 1.29 is 4.79 Å². The number of carbonyl (C=O) groups is 1. The molecule has 1 aliphatic heterocycles. The number of guanidine groups is 1. The van der Waals surface area contributed by atoms with E-state index in [0.717, 1.165) is 25.9 Å². The molecule has 21 heavy (non-hydrogen) atoms. The number of carbonyl (C=O) groups excluding carboxylic acids is 1. The first-order chi connectivity index (χ1) is 9.75. The Morgan fingerprint density at radius 3 is 2.33 bits per heavy atom. The minimum absolute atomic E-state index is 0. The molecular formula is C15H29IN4O. The van der Waals surface area contributed by atoms with E-state index in [1.54, 1.807) is 0 Å². The van der Waals surface area contributed by atoms with Crippen molar-refractivity contribution in [2.45, 2.75) is 63.8 Å². The van der Waals surface area contributed by atoms with Gasteiger partial charge in [-0.15, -0.1) is 24.0 Å². The number of halogens is 1. The fourth-order valence-electron chi connectivity index (χ4n) is 3.04. The van der Waals surface area contributed by atoms with Gasteiger partial charge in [-0.05, 0) is 25.7 Å². The van der Waals surface area contributed by atoms with Gasteiger partial charge in [-0.2, -0.15) is 0 Å². The molecule has 2 fully saturated rings. The summed E-state index contributed by atoms with van der Waals surface area (Å²) in [5.74, 6) is 0.727. The Labute approximate surface area is 145 Å². The summed E-state index contributed by atoms with van der Waals surface area (Å²) in [6.07, 6.45) is 10.1. The zero-order chi connectivity index (χ0) is 14.2. The number of nitrogens with two attached hydrogens (primary N) is 1. The average molecular weight is 408 g/mol. The molecule has 3 N–H and O–H groups in total. The van der Waals surface area contributed by atoms with Crippen LogP contribution in [0.1, 0.15) is 57.8 Å². The molecule has 1 heterocycles. The predicted molar refractivity (Wildman–Crippen MR) is 97.0 cm³/mol. The van der Waals surface area contributed by atoms with Gasteiger partial charge in [0.2, 0.25) is 5.91 Å². The largest absolute Gasteiger partial charge is 0.370 e. The third-order valence-corrected chi connectivity index (χ3v) is 4.26. The first kappa shape index (κ1) is 18.5. The normalized spacial score (nSPS) is 20.8. The van der Waals surface area contributed by atoms with Gasteiger partial charge in [0.25, 0.3) is 0 Å². The number of hydrogen-bond acceptors (Lipinski definition) is 2. The van der Waals surface area contributed by atoms with Crippen LogP contribution in [0, 0.1) is 0 Å². The lowest BCUT2D eigenvalue weighted by atomic mass is 10.2. The minimum atomic E-state index is 0. The smallest absolute Gasteiger partial charge is 0.222 e. The molecule has 122 valence electrons. The van der Waals surface area contributed by atoms with Gasteiger partial charge in [-0.1, -0.05) is 25.7 Å². The van der Waals surface area contributed by atoms with Crippen LogP contribution in [0.15, 0.2) is 4.99 Å². The van der Waals surface area contributed by atoms with E-state index < -0.39 is 0 Å². The van der Waals surface area contributed by atoms with Crippen LogP contribution < -0.4 is 11.1 Å². The van der Waals surface area contributed by atoms with E-state index in [4.69, 9.17) is 5.73 Å². The standard InChI is InChI=1S/C15H28N4O.HI/c16-15(19-11-5-1-2-6-12-19)17-10-9-14(20)18-13-7-3-4-8-13;/h13H,1-12H2,(H2,16,17)(H,18,20);1H. The van der Waals surface area contributed by atoms with E-state index in [-0.39, 0.29) is 29.9 Å². The van der Waals surface area contributed by atoms with Crippen molar-refractivity contribution in [3.05, 3.63) is 0 Å². The van der Waals surface area contributed by atoms with Crippen LogP contribution in [0.4, 0.5) is 0 Å². The topological polar surface area (TPSA) is 70.7 Å². The summed E-state index contributed by atoms with van der Waals surface area (Å²) in [6.45, 7) is 2.51. The number of nitrogens with one attached hydrogen (secondary N) is 1. The van der Waals surface area contributed by atoms with Crippen LogP contribution in [0.2, 0.25) is 0 Å². The molecule has 6 heteroatoms. The molecule has 5 nitrogen and oxygen atoms in total. The van der Waals surface area contributed by atoms with Crippen molar-refractivity contribution in [1.82, 2.24) is 10.2 Å². The zero-order valence-electron chi connectivity index (χ0n) is 12.9. The molecule has 1 aliphatic carbocycles. The molecule has 1 saturated carbocycles. The molecule has 0 aromatic heterocycles. The van der Waals surface area contributed by atoms with Gasteiger partial charge in [0.15, 0.2) is 5.96 Å². The number of nitrogens with zero attached hydrogens (tertiary/aromatic N) is 2. The van der Waals surface area contributed by atoms with Crippen molar-refractivity contribution >= 4 is 35.8 Å². The Kier molecular flexibility index (Phi) is 9.03. The summed E-state index contributed by atoms with van der Waals surface area (Å²) in [4.78, 5) is 18.3. The van der Waals surface area contributed by atoms with Gasteiger partial charge < -0.3 is 16.0 Å². The van der Waals surface area contributed by atoms with Crippen molar-refractivity contribution in [1.29, 1.82) is 0 Å². The highest BCUT2D eigenvalue weighted by atomic mass is 127. The highest BCUT2D eigenvalue weighted by Crippen LogP contribution is 2.17. The monoisotopic (exact) mass is 408 g/mol. The Morgan fingerprint density at radius 1 is 1.10 bits per heavy atom. The highest BCUT2D eigenvalue weighted by Gasteiger charge is 2.16. The van der Waals surface area contributed by atoms with Gasteiger partial charge in [0.1, 0.15) is 0 Å². The fourth-order valence-corrected chi connectivity index (χ4v) is 3.04. The van der Waals surface area contributed by atoms with Crippen molar-refractivity contribution in [2.24, 2.45) is 10.7 Å². The second-order valence-corrected chi connectivity index (χ2v) is 5.94. The average Bonchev–Trinajstić information content (AvgIpc) is 2.78. The lowest BCUT2D eigenvalue weighted by Crippen LogP contribution is -2.38. The lowest BCUT2D eigenvalue weighted by molar-refractivity contribution is -0.121. The molecular weight excluding hydrogens is 379 g/mol. The summed E-state index contributed by atoms with van der Waals surface area (Å²) >= 11 is 0. The van der Waals surface area contributed by atoms with Crippen LogP contribution in [-0.2, 0) is 4.79 Å². The Hall–Kier alpha value is -0.530. The summed E-state index contributed by atoms with van der Waals surface area (Å²) in [5, 5.41) is 3.08. The van der Waals surface area contributed by atoms with Gasteiger partial charge in [-0.3, -0.25) is 9.79 Å². The second-order valence-electron chi connectivity index (χ2n) is 5.94. The number of amides is 1. The third kappa shape index (κ3) is 6.84. The number of likely N-dealkylation sites (tertiary alicyclic amines) is 1. The highest BCUT2D eigenvalue weighted by molar-refractivity contribution is 14.0. The Bertz CT molecular complexity index is 335. The zero-order valence-corrected chi connectivity index (χ0v) is 15.2. The van der Waals surface area contributed by atoms with Crippen LogP contribution in [0.25, 0.3) is 0 Å². The number of rotatable bonds is 4. The molecule has 0 aromatic carbocycles. The van der Waals surface area contributed by atoms with E-state index >= 15 is 0 Å². The van der Waals surface area contributed by atoms with E-state index in [1.807, 2.05) is 0 Å². The maximum atomic E-state index is 11.8. The Balaban J connectivity index is 0.00000220. The molecule has 0 unspecified atom stereocenters. The maximum absolute atomic E-state index is 11.8. The van der Waals surface area contributed by atoms with Gasteiger partial charge in [0.05, 0.1) is 6.54 Å². The van der Waals surface area contributed by atoms with E-state index in [1.165, 1.54) is 38.5 Å². The molecule has 0 radical (unpaired) electrons. The van der Waals surface area contributed by atoms with Crippen LogP contribution in [-0.4, -0.2) is 42.4 Å². The molecule has 2 rings (SSSR count). The van der Waals surface area contributed by atoms with E-state index in [2.05, 4.69) is 15.2 Å². The Morgan fingerprint density at radius 2 is 1.71 bits per heavy atom. The van der Waals surface area contributed by atoms with Crippen molar-refractivity contribution in [3.63, 3.8) is 0 Å².